The Bertz CT molecular complexity index is 203. The summed E-state index contributed by atoms with van der Waals surface area (Å²) in [6.07, 6.45) is 4.04. The largest absolute Gasteiger partial charge is 0.459 e. The zero-order valence-electron chi connectivity index (χ0n) is 8.10. The maximum absolute atomic E-state index is 10.6. The number of hydrogen-bond donors (Lipinski definition) is 0. The van der Waals surface area contributed by atoms with Crippen molar-refractivity contribution < 1.29 is 9.53 Å². The highest BCUT2D eigenvalue weighted by Gasteiger charge is 2.00. The molecule has 0 radical (unpaired) electrons. The molecule has 0 N–H and O–H groups in total. The van der Waals surface area contributed by atoms with E-state index in [1.54, 1.807) is 0 Å². The number of alkyl halides is 1. The summed E-state index contributed by atoms with van der Waals surface area (Å²) in [7, 11) is 1.33. The number of hydrogen-bond acceptors (Lipinski definition) is 2. The third-order valence-electron chi connectivity index (χ3n) is 1.56. The highest BCUT2D eigenvalue weighted by atomic mass is 79.9. The molecule has 0 aliphatic carbocycles. The van der Waals surface area contributed by atoms with Crippen LogP contribution < -0.4 is 0 Å². The third-order valence-corrected chi connectivity index (χ3v) is 2.48. The first-order valence-corrected chi connectivity index (χ1v) is 5.33. The van der Waals surface area contributed by atoms with Crippen molar-refractivity contribution >= 4 is 21.9 Å². The molecule has 13 heavy (non-hydrogen) atoms. The summed E-state index contributed by atoms with van der Waals surface area (Å²) in [6.45, 7) is 2.15. The molecule has 1 unspecified atom stereocenters. The normalized spacial score (nSPS) is 11.3. The van der Waals surface area contributed by atoms with Gasteiger partial charge in [-0.2, -0.15) is 0 Å². The Labute approximate surface area is 88.2 Å². The fourth-order valence-electron chi connectivity index (χ4n) is 0.872. The zero-order chi connectivity index (χ0) is 10.1. The van der Waals surface area contributed by atoms with Crippen LogP contribution >= 0.6 is 15.9 Å². The van der Waals surface area contributed by atoms with Crippen LogP contribution in [0, 0.1) is 11.8 Å². The first-order valence-electron chi connectivity index (χ1n) is 4.41. The second-order valence-corrected chi connectivity index (χ2v) is 4.01. The van der Waals surface area contributed by atoms with Gasteiger partial charge in [-0.3, -0.25) is 0 Å². The van der Waals surface area contributed by atoms with Crippen molar-refractivity contribution in [1.29, 1.82) is 0 Å². The van der Waals surface area contributed by atoms with E-state index in [1.165, 1.54) is 13.5 Å². The highest BCUT2D eigenvalue weighted by Crippen LogP contribution is 2.13. The van der Waals surface area contributed by atoms with Crippen molar-refractivity contribution in [3.05, 3.63) is 0 Å². The van der Waals surface area contributed by atoms with Gasteiger partial charge in [-0.05, 0) is 12.8 Å². The number of esters is 1. The van der Waals surface area contributed by atoms with Crippen LogP contribution in [-0.2, 0) is 9.53 Å². The summed E-state index contributed by atoms with van der Waals surface area (Å²) in [5, 5.41) is 0. The predicted molar refractivity (Wildman–Crippen MR) is 56.6 cm³/mol. The molecule has 0 heterocycles. The Morgan fingerprint density at radius 1 is 1.54 bits per heavy atom. The van der Waals surface area contributed by atoms with Gasteiger partial charge in [0.25, 0.3) is 0 Å². The van der Waals surface area contributed by atoms with Gasteiger partial charge in [0.15, 0.2) is 0 Å². The van der Waals surface area contributed by atoms with E-state index in [-0.39, 0.29) is 0 Å². The summed E-state index contributed by atoms with van der Waals surface area (Å²) in [5.41, 5.74) is 0. The fourth-order valence-corrected chi connectivity index (χ4v) is 1.56. The molecule has 0 bridgehead atoms. The van der Waals surface area contributed by atoms with E-state index in [4.69, 9.17) is 0 Å². The Morgan fingerprint density at radius 2 is 2.23 bits per heavy atom. The van der Waals surface area contributed by atoms with Gasteiger partial charge in [0.1, 0.15) is 0 Å². The number of ether oxygens (including phenoxy) is 1. The van der Waals surface area contributed by atoms with E-state index < -0.39 is 5.97 Å². The molecule has 1 atom stereocenters. The number of methoxy groups -OCH3 is 1. The van der Waals surface area contributed by atoms with E-state index >= 15 is 0 Å². The topological polar surface area (TPSA) is 26.3 Å². The first kappa shape index (κ1) is 12.5. The minimum Gasteiger partial charge on any atom is -0.459 e. The molecular weight excluding hydrogens is 232 g/mol. The Kier molecular flexibility index (Phi) is 7.82. The molecule has 0 aromatic carbocycles. The van der Waals surface area contributed by atoms with E-state index in [1.807, 2.05) is 0 Å². The van der Waals surface area contributed by atoms with Crippen LogP contribution in [0.3, 0.4) is 0 Å². The molecule has 2 nitrogen and oxygen atoms in total. The van der Waals surface area contributed by atoms with Crippen molar-refractivity contribution in [3.63, 3.8) is 0 Å². The lowest BCUT2D eigenvalue weighted by Gasteiger charge is -2.03. The average Bonchev–Trinajstić information content (AvgIpc) is 2.12. The van der Waals surface area contributed by atoms with Gasteiger partial charge in [-0.1, -0.05) is 35.2 Å². The molecule has 3 heteroatoms. The summed E-state index contributed by atoms with van der Waals surface area (Å²) in [5.74, 6) is 4.71. The van der Waals surface area contributed by atoms with Crippen molar-refractivity contribution in [2.45, 2.75) is 37.4 Å². The van der Waals surface area contributed by atoms with Crippen LogP contribution in [-0.4, -0.2) is 17.9 Å². The quantitative estimate of drug-likeness (QED) is 0.330. The molecule has 0 rings (SSSR count). The second kappa shape index (κ2) is 8.12. The lowest BCUT2D eigenvalue weighted by molar-refractivity contribution is -0.133. The summed E-state index contributed by atoms with van der Waals surface area (Å²) in [4.78, 5) is 11.1. The van der Waals surface area contributed by atoms with Crippen LogP contribution in [0.15, 0.2) is 0 Å². The van der Waals surface area contributed by atoms with Gasteiger partial charge in [0.2, 0.25) is 0 Å². The summed E-state index contributed by atoms with van der Waals surface area (Å²) in [6, 6.07) is 0. The van der Waals surface area contributed by atoms with Gasteiger partial charge in [-0.15, -0.1) is 0 Å². The van der Waals surface area contributed by atoms with Crippen LogP contribution in [0.2, 0.25) is 0 Å². The Hall–Kier alpha value is -0.490. The monoisotopic (exact) mass is 246 g/mol. The zero-order valence-corrected chi connectivity index (χ0v) is 9.69. The van der Waals surface area contributed by atoms with E-state index in [9.17, 15) is 4.79 Å². The van der Waals surface area contributed by atoms with E-state index in [2.05, 4.69) is 39.4 Å². The van der Waals surface area contributed by atoms with Gasteiger partial charge in [-0.25, -0.2) is 4.79 Å². The Morgan fingerprint density at radius 3 is 2.77 bits per heavy atom. The van der Waals surface area contributed by atoms with E-state index in [0.29, 0.717) is 4.83 Å². The summed E-state index contributed by atoms with van der Waals surface area (Å²) < 4.78 is 4.38. The molecule has 0 fully saturated rings. The molecule has 0 aliphatic heterocycles. The van der Waals surface area contributed by atoms with Gasteiger partial charge in [0, 0.05) is 17.2 Å². The maximum Gasteiger partial charge on any atom is 0.384 e. The molecule has 0 aliphatic rings. The first-order chi connectivity index (χ1) is 6.20. The van der Waals surface area contributed by atoms with Crippen molar-refractivity contribution in [2.24, 2.45) is 0 Å². The number of carbonyl (C=O) groups excluding carboxylic acids is 1. The molecule has 74 valence electrons. The van der Waals surface area contributed by atoms with Crippen LogP contribution in [0.25, 0.3) is 0 Å². The smallest absolute Gasteiger partial charge is 0.384 e. The Balaban J connectivity index is 3.52. The molecule has 0 saturated carbocycles. The predicted octanol–water partition coefficient (Wildman–Crippen LogP) is 2.51. The van der Waals surface area contributed by atoms with Crippen LogP contribution in [0.5, 0.6) is 0 Å². The fraction of sp³-hybridized carbons (Fsp3) is 0.700. The van der Waals surface area contributed by atoms with Gasteiger partial charge < -0.3 is 4.74 Å². The third kappa shape index (κ3) is 7.86. The van der Waals surface area contributed by atoms with E-state index in [0.717, 1.165) is 19.3 Å². The number of rotatable bonds is 4. The maximum atomic E-state index is 10.6. The molecule has 0 aromatic rings. The number of carbonyl (C=O) groups is 1. The van der Waals surface area contributed by atoms with Gasteiger partial charge >= 0.3 is 5.97 Å². The lowest BCUT2D eigenvalue weighted by atomic mass is 10.1. The van der Waals surface area contributed by atoms with Crippen LogP contribution in [0.4, 0.5) is 0 Å². The molecule has 0 aromatic heterocycles. The average molecular weight is 247 g/mol. The highest BCUT2D eigenvalue weighted by molar-refractivity contribution is 9.09. The standard InChI is InChI=1S/C10H15BrO2/c1-3-6-9(11)7-4-5-8-10(12)13-2/h9H,3-4,6-7H2,1-2H3. The van der Waals surface area contributed by atoms with Crippen molar-refractivity contribution in [3.8, 4) is 11.8 Å². The molecule has 0 spiro atoms. The van der Waals surface area contributed by atoms with Crippen molar-refractivity contribution in [1.82, 2.24) is 0 Å². The molecular formula is C10H15BrO2. The van der Waals surface area contributed by atoms with Crippen molar-refractivity contribution in [2.75, 3.05) is 7.11 Å². The minimum absolute atomic E-state index is 0.457. The summed E-state index contributed by atoms with van der Waals surface area (Å²) >= 11 is 3.54. The molecule has 0 saturated heterocycles. The van der Waals surface area contributed by atoms with Gasteiger partial charge in [0.05, 0.1) is 7.11 Å². The molecule has 0 amide bonds. The van der Waals surface area contributed by atoms with Crippen LogP contribution in [0.1, 0.15) is 32.6 Å². The lowest BCUT2D eigenvalue weighted by Crippen LogP contribution is -1.97. The number of halogens is 1. The second-order valence-electron chi connectivity index (χ2n) is 2.72. The SMILES string of the molecule is CCCC(Br)CCC#CC(=O)OC. The minimum atomic E-state index is -0.457.